The first-order valence-corrected chi connectivity index (χ1v) is 6.81. The van der Waals surface area contributed by atoms with Gasteiger partial charge in [0.2, 0.25) is 0 Å². The Morgan fingerprint density at radius 1 is 1.12 bits per heavy atom. The first-order chi connectivity index (χ1) is 8.16. The molecule has 0 unspecified atom stereocenters. The zero-order chi connectivity index (χ0) is 12.3. The van der Waals surface area contributed by atoms with E-state index in [0.29, 0.717) is 11.3 Å². The predicted octanol–water partition coefficient (Wildman–Crippen LogP) is 3.05. The van der Waals surface area contributed by atoms with Crippen LogP contribution in [0.15, 0.2) is 22.7 Å². The molecule has 1 aromatic carbocycles. The molecule has 1 amide bonds. The smallest absolute Gasteiger partial charge is 0.253 e. The van der Waals surface area contributed by atoms with Crippen molar-refractivity contribution in [2.24, 2.45) is 0 Å². The van der Waals surface area contributed by atoms with Gasteiger partial charge in [0.05, 0.1) is 0 Å². The second-order valence-electron chi connectivity index (χ2n) is 4.48. The van der Waals surface area contributed by atoms with Crippen LogP contribution in [-0.4, -0.2) is 23.9 Å². The van der Waals surface area contributed by atoms with Crippen LogP contribution in [-0.2, 0) is 0 Å². The maximum atomic E-state index is 12.3. The Kier molecular flexibility index (Phi) is 4.05. The number of carbonyl (C=O) groups is 1. The highest BCUT2D eigenvalue weighted by atomic mass is 79.9. The maximum absolute atomic E-state index is 12.3. The molecule has 1 heterocycles. The number of hydrogen-bond acceptors (Lipinski definition) is 2. The Morgan fingerprint density at radius 2 is 1.76 bits per heavy atom. The van der Waals surface area contributed by atoms with Crippen molar-refractivity contribution in [3.05, 3.63) is 28.2 Å². The molecule has 3 nitrogen and oxygen atoms in total. The molecule has 1 aliphatic rings. The van der Waals surface area contributed by atoms with Crippen molar-refractivity contribution in [1.82, 2.24) is 4.90 Å². The molecule has 0 spiro atoms. The van der Waals surface area contributed by atoms with Gasteiger partial charge < -0.3 is 10.6 Å². The summed E-state index contributed by atoms with van der Waals surface area (Å²) >= 11 is 3.37. The van der Waals surface area contributed by atoms with Crippen LogP contribution in [0.2, 0.25) is 0 Å². The minimum atomic E-state index is 0.0971. The van der Waals surface area contributed by atoms with Gasteiger partial charge in [-0.2, -0.15) is 0 Å². The molecule has 0 atom stereocenters. The second kappa shape index (κ2) is 5.54. The van der Waals surface area contributed by atoms with Gasteiger partial charge >= 0.3 is 0 Å². The van der Waals surface area contributed by atoms with E-state index in [1.165, 1.54) is 12.8 Å². The van der Waals surface area contributed by atoms with Gasteiger partial charge in [-0.15, -0.1) is 0 Å². The highest BCUT2D eigenvalue weighted by Gasteiger charge is 2.17. The summed E-state index contributed by atoms with van der Waals surface area (Å²) in [7, 11) is 0. The molecule has 2 rings (SSSR count). The lowest BCUT2D eigenvalue weighted by Crippen LogP contribution is -2.31. The molecule has 92 valence electrons. The molecule has 0 aliphatic carbocycles. The molecule has 0 radical (unpaired) electrons. The molecule has 1 fully saturated rings. The number of nitrogens with two attached hydrogens (primary N) is 1. The lowest BCUT2D eigenvalue weighted by Gasteiger charge is -2.20. The van der Waals surface area contributed by atoms with Gasteiger partial charge in [0.25, 0.3) is 5.91 Å². The standard InChI is InChI=1S/C13H17BrN2O/c14-11-7-10(8-12(15)9-11)13(17)16-5-3-1-2-4-6-16/h7-9H,1-6,15H2. The highest BCUT2D eigenvalue weighted by molar-refractivity contribution is 9.10. The number of nitrogens with zero attached hydrogens (tertiary/aromatic N) is 1. The zero-order valence-electron chi connectivity index (χ0n) is 9.79. The van der Waals surface area contributed by atoms with Crippen LogP contribution < -0.4 is 5.73 Å². The van der Waals surface area contributed by atoms with E-state index in [4.69, 9.17) is 5.73 Å². The summed E-state index contributed by atoms with van der Waals surface area (Å²) in [5.74, 6) is 0.0971. The van der Waals surface area contributed by atoms with Gasteiger partial charge in [-0.3, -0.25) is 4.79 Å². The van der Waals surface area contributed by atoms with E-state index in [2.05, 4.69) is 15.9 Å². The van der Waals surface area contributed by atoms with E-state index in [1.54, 1.807) is 12.1 Å². The molecule has 17 heavy (non-hydrogen) atoms. The molecule has 1 aromatic rings. The average molecular weight is 297 g/mol. The summed E-state index contributed by atoms with van der Waals surface area (Å²) in [6, 6.07) is 5.39. The van der Waals surface area contributed by atoms with E-state index in [1.807, 2.05) is 11.0 Å². The molecule has 0 aromatic heterocycles. The maximum Gasteiger partial charge on any atom is 0.253 e. The van der Waals surface area contributed by atoms with Crippen molar-refractivity contribution in [2.45, 2.75) is 25.7 Å². The van der Waals surface area contributed by atoms with E-state index < -0.39 is 0 Å². The molecule has 2 N–H and O–H groups in total. The molecule has 4 heteroatoms. The third-order valence-electron chi connectivity index (χ3n) is 3.06. The number of amides is 1. The molecule has 0 saturated carbocycles. The first-order valence-electron chi connectivity index (χ1n) is 6.02. The minimum Gasteiger partial charge on any atom is -0.399 e. The zero-order valence-corrected chi connectivity index (χ0v) is 11.4. The van der Waals surface area contributed by atoms with Crippen LogP contribution in [0, 0.1) is 0 Å². The van der Waals surface area contributed by atoms with E-state index in [-0.39, 0.29) is 5.91 Å². The Bertz CT molecular complexity index is 392. The van der Waals surface area contributed by atoms with Crippen molar-refractivity contribution in [2.75, 3.05) is 18.8 Å². The van der Waals surface area contributed by atoms with Crippen LogP contribution >= 0.6 is 15.9 Å². The molecule has 1 aliphatic heterocycles. The number of nitrogen functional groups attached to an aromatic ring is 1. The van der Waals surface area contributed by atoms with Crippen molar-refractivity contribution in [3.8, 4) is 0 Å². The van der Waals surface area contributed by atoms with Crippen molar-refractivity contribution >= 4 is 27.5 Å². The average Bonchev–Trinajstić information content (AvgIpc) is 2.55. The Balaban J connectivity index is 2.17. The Hall–Kier alpha value is -1.03. The van der Waals surface area contributed by atoms with E-state index in [9.17, 15) is 4.79 Å². The number of likely N-dealkylation sites (tertiary alicyclic amines) is 1. The number of benzene rings is 1. The fourth-order valence-electron chi connectivity index (χ4n) is 2.19. The number of hydrogen-bond donors (Lipinski definition) is 1. The third-order valence-corrected chi connectivity index (χ3v) is 3.52. The van der Waals surface area contributed by atoms with Crippen LogP contribution in [0.4, 0.5) is 5.69 Å². The lowest BCUT2D eigenvalue weighted by molar-refractivity contribution is 0.0761. The fraction of sp³-hybridized carbons (Fsp3) is 0.462. The lowest BCUT2D eigenvalue weighted by atomic mass is 10.1. The molecular formula is C13H17BrN2O. The molecule has 0 bridgehead atoms. The van der Waals surface area contributed by atoms with Crippen molar-refractivity contribution in [1.29, 1.82) is 0 Å². The van der Waals surface area contributed by atoms with Crippen LogP contribution in [0.5, 0.6) is 0 Å². The van der Waals surface area contributed by atoms with Gasteiger partial charge in [0, 0.05) is 28.8 Å². The highest BCUT2D eigenvalue weighted by Crippen LogP contribution is 2.20. The Morgan fingerprint density at radius 3 is 2.35 bits per heavy atom. The van der Waals surface area contributed by atoms with Crippen LogP contribution in [0.1, 0.15) is 36.0 Å². The SMILES string of the molecule is Nc1cc(Br)cc(C(=O)N2CCCCCC2)c1. The fourth-order valence-corrected chi connectivity index (χ4v) is 2.70. The Labute approximate surface area is 110 Å². The molecule has 1 saturated heterocycles. The molecular weight excluding hydrogens is 280 g/mol. The summed E-state index contributed by atoms with van der Waals surface area (Å²) in [6.45, 7) is 1.73. The summed E-state index contributed by atoms with van der Waals surface area (Å²) in [6.07, 6.45) is 4.67. The second-order valence-corrected chi connectivity index (χ2v) is 5.40. The number of rotatable bonds is 1. The first kappa shape index (κ1) is 12.4. The van der Waals surface area contributed by atoms with Gasteiger partial charge in [-0.25, -0.2) is 0 Å². The van der Waals surface area contributed by atoms with Crippen molar-refractivity contribution in [3.63, 3.8) is 0 Å². The number of anilines is 1. The topological polar surface area (TPSA) is 46.3 Å². The largest absolute Gasteiger partial charge is 0.399 e. The normalized spacial score (nSPS) is 16.6. The van der Waals surface area contributed by atoms with Gasteiger partial charge in [0.15, 0.2) is 0 Å². The minimum absolute atomic E-state index is 0.0971. The van der Waals surface area contributed by atoms with Gasteiger partial charge in [-0.05, 0) is 31.0 Å². The van der Waals surface area contributed by atoms with Gasteiger partial charge in [0.1, 0.15) is 0 Å². The van der Waals surface area contributed by atoms with Gasteiger partial charge in [-0.1, -0.05) is 28.8 Å². The summed E-state index contributed by atoms with van der Waals surface area (Å²) < 4.78 is 0.857. The summed E-state index contributed by atoms with van der Waals surface area (Å²) in [4.78, 5) is 14.2. The van der Waals surface area contributed by atoms with E-state index in [0.717, 1.165) is 30.4 Å². The number of carbonyl (C=O) groups excluding carboxylic acids is 1. The summed E-state index contributed by atoms with van der Waals surface area (Å²) in [5.41, 5.74) is 7.06. The predicted molar refractivity (Wildman–Crippen MR) is 72.9 cm³/mol. The van der Waals surface area contributed by atoms with Crippen LogP contribution in [0.3, 0.4) is 0 Å². The third kappa shape index (κ3) is 3.22. The monoisotopic (exact) mass is 296 g/mol. The summed E-state index contributed by atoms with van der Waals surface area (Å²) in [5, 5.41) is 0. The van der Waals surface area contributed by atoms with E-state index >= 15 is 0 Å². The quantitative estimate of drug-likeness (QED) is 0.810. The van der Waals surface area contributed by atoms with Crippen LogP contribution in [0.25, 0.3) is 0 Å². The number of halogens is 1. The van der Waals surface area contributed by atoms with Crippen molar-refractivity contribution < 1.29 is 4.79 Å².